The molecule has 79 heavy (non-hydrogen) atoms. The van der Waals surface area contributed by atoms with Gasteiger partial charge in [-0.3, -0.25) is 0 Å². The summed E-state index contributed by atoms with van der Waals surface area (Å²) in [6, 6.07) is 103. The summed E-state index contributed by atoms with van der Waals surface area (Å²) in [7, 11) is 0. The Morgan fingerprint density at radius 1 is 0.342 bits per heavy atom. The third kappa shape index (κ3) is 8.23. The van der Waals surface area contributed by atoms with Crippen molar-refractivity contribution in [2.24, 2.45) is 0 Å². The van der Waals surface area contributed by atoms with E-state index in [4.69, 9.17) is 4.42 Å². The summed E-state index contributed by atoms with van der Waals surface area (Å²) in [6.07, 6.45) is 7.31. The lowest BCUT2D eigenvalue weighted by atomic mass is 9.85. The molecule has 0 fully saturated rings. The zero-order valence-corrected chi connectivity index (χ0v) is 43.3. The number of hydrogen-bond acceptors (Lipinski definition) is 3. The number of benzene rings is 12. The average molecular weight is 1010 g/mol. The normalized spacial score (nSPS) is 14.6. The molecule has 0 radical (unpaired) electrons. The molecule has 0 spiro atoms. The van der Waals surface area contributed by atoms with Crippen LogP contribution in [0.5, 0.6) is 0 Å². The van der Waals surface area contributed by atoms with Crippen LogP contribution in [0.4, 0.5) is 28.4 Å². The van der Waals surface area contributed by atoms with Gasteiger partial charge in [-0.1, -0.05) is 243 Å². The van der Waals surface area contributed by atoms with Gasteiger partial charge in [0.2, 0.25) is 0 Å². The molecule has 2 aliphatic rings. The van der Waals surface area contributed by atoms with Crippen molar-refractivity contribution in [1.29, 1.82) is 0 Å². The molecule has 0 saturated carbocycles. The fourth-order valence-corrected chi connectivity index (χ4v) is 12.4. The topological polar surface area (TPSA) is 19.6 Å². The van der Waals surface area contributed by atoms with Crippen molar-refractivity contribution in [3.63, 3.8) is 0 Å². The quantitative estimate of drug-likeness (QED) is 0.136. The number of furan rings is 1. The molecule has 2 heterocycles. The summed E-state index contributed by atoms with van der Waals surface area (Å²) in [5, 5.41) is 4.79. The highest BCUT2D eigenvalue weighted by Gasteiger charge is 2.39. The highest BCUT2D eigenvalue weighted by atomic mass is 16.3. The molecule has 0 N–H and O–H groups in total. The molecule has 3 nitrogen and oxygen atoms in total. The summed E-state index contributed by atoms with van der Waals surface area (Å²) in [6.45, 7) is 0. The smallest absolute Gasteiger partial charge is 0.143 e. The molecule has 12 aromatic carbocycles. The molecular formula is C76H52N2O. The predicted octanol–water partition coefficient (Wildman–Crippen LogP) is 20.8. The maximum atomic E-state index is 6.46. The Labute approximate surface area is 460 Å². The van der Waals surface area contributed by atoms with Gasteiger partial charge >= 0.3 is 0 Å². The Bertz CT molecular complexity index is 4450. The number of allylic oxidation sites excluding steroid dienone is 2. The number of anilines is 5. The number of rotatable bonds is 10. The Hall–Kier alpha value is -10.2. The molecule has 0 amide bonds. The second-order valence-corrected chi connectivity index (χ2v) is 20.8. The van der Waals surface area contributed by atoms with Crippen LogP contribution in [0.25, 0.3) is 93.9 Å². The number of hydrogen-bond donors (Lipinski definition) is 0. The van der Waals surface area contributed by atoms with E-state index in [-0.39, 0.29) is 12.0 Å². The van der Waals surface area contributed by atoms with Crippen LogP contribution < -0.4 is 9.80 Å². The van der Waals surface area contributed by atoms with E-state index in [0.29, 0.717) is 0 Å². The first-order valence-electron chi connectivity index (χ1n) is 27.3. The molecule has 2 unspecified atom stereocenters. The molecule has 1 aliphatic heterocycles. The van der Waals surface area contributed by atoms with Crippen LogP contribution in [0.2, 0.25) is 0 Å². The first-order chi connectivity index (χ1) is 39.2. The molecule has 0 saturated heterocycles. The minimum absolute atomic E-state index is 0.0795. The zero-order chi connectivity index (χ0) is 52.2. The lowest BCUT2D eigenvalue weighted by molar-refractivity contribution is 0.670. The number of fused-ring (bicyclic) bond motifs is 7. The summed E-state index contributed by atoms with van der Waals surface area (Å²) in [4.78, 5) is 4.94. The zero-order valence-electron chi connectivity index (χ0n) is 43.3. The second-order valence-electron chi connectivity index (χ2n) is 20.8. The molecule has 15 rings (SSSR count). The highest BCUT2D eigenvalue weighted by molar-refractivity contribution is 6.09. The van der Waals surface area contributed by atoms with Gasteiger partial charge in [0.15, 0.2) is 0 Å². The molecule has 0 bridgehead atoms. The summed E-state index contributed by atoms with van der Waals surface area (Å²) in [5.41, 5.74) is 23.1. The van der Waals surface area contributed by atoms with Gasteiger partial charge in [0.1, 0.15) is 11.2 Å². The molecular weight excluding hydrogens is 957 g/mol. The third-order valence-corrected chi connectivity index (χ3v) is 16.2. The summed E-state index contributed by atoms with van der Waals surface area (Å²) in [5.74, 6) is 0.184. The van der Waals surface area contributed by atoms with Crippen molar-refractivity contribution >= 4 is 66.7 Å². The van der Waals surface area contributed by atoms with E-state index in [1.165, 1.54) is 72.2 Å². The molecule has 1 aliphatic carbocycles. The van der Waals surface area contributed by atoms with Gasteiger partial charge in [0, 0.05) is 56.3 Å². The minimum atomic E-state index is 0.0795. The lowest BCUT2D eigenvalue weighted by Gasteiger charge is -2.32. The van der Waals surface area contributed by atoms with Gasteiger partial charge in [0.25, 0.3) is 0 Å². The van der Waals surface area contributed by atoms with Gasteiger partial charge in [-0.25, -0.2) is 0 Å². The predicted molar refractivity (Wildman–Crippen MR) is 332 cm³/mol. The Morgan fingerprint density at radius 2 is 0.823 bits per heavy atom. The van der Waals surface area contributed by atoms with E-state index in [1.807, 2.05) is 12.1 Å². The Kier molecular flexibility index (Phi) is 11.3. The van der Waals surface area contributed by atoms with Crippen molar-refractivity contribution in [1.82, 2.24) is 0 Å². The first kappa shape index (κ1) is 46.1. The molecule has 13 aromatic rings. The summed E-state index contributed by atoms with van der Waals surface area (Å²) >= 11 is 0. The largest absolute Gasteiger partial charge is 0.455 e. The van der Waals surface area contributed by atoms with Gasteiger partial charge in [0.05, 0.1) is 6.04 Å². The average Bonchev–Trinajstić information content (AvgIpc) is 4.22. The highest BCUT2D eigenvalue weighted by Crippen LogP contribution is 2.52. The second kappa shape index (κ2) is 19.4. The standard InChI is InChI=1S/C76H52N2O/c1-3-15-51(16-4-1)54-33-41-61(42-34-54)77(63-45-37-58(38-46-63)67-25-14-26-70-69-23-10-12-28-75(69)79-76(67)70)62-43-35-55(36-44-62)53-29-31-57(32-30-53)66-22-9-11-27-72(66)78-73-48-40-59(52-17-5-2-6-18-52)49-71(73)68-47-39-60(50-74(68)78)65-24-13-20-56-19-7-8-21-64(56)65/h1-50,68,74H. The van der Waals surface area contributed by atoms with Crippen molar-refractivity contribution in [3.8, 4) is 55.6 Å². The van der Waals surface area contributed by atoms with Crippen molar-refractivity contribution < 1.29 is 4.42 Å². The molecule has 2 atom stereocenters. The van der Waals surface area contributed by atoms with Crippen LogP contribution in [-0.4, -0.2) is 6.04 Å². The van der Waals surface area contributed by atoms with E-state index in [2.05, 4.69) is 301 Å². The van der Waals surface area contributed by atoms with E-state index >= 15 is 0 Å². The van der Waals surface area contributed by atoms with Crippen LogP contribution in [-0.2, 0) is 0 Å². The SMILES string of the molecule is C1=CC2c3cc(-c4ccccc4)ccc3N(c3ccccc3-c3ccc(-c4ccc(N(c5ccc(-c6ccccc6)cc5)c5ccc(-c6cccc7c6oc6ccccc67)cc5)cc4)cc3)C2C=C1c1cccc2ccccc12. The van der Waals surface area contributed by atoms with Crippen LogP contribution >= 0.6 is 0 Å². The molecule has 3 heteroatoms. The molecule has 372 valence electrons. The van der Waals surface area contributed by atoms with Gasteiger partial charge in [-0.15, -0.1) is 0 Å². The first-order valence-corrected chi connectivity index (χ1v) is 27.3. The summed E-state index contributed by atoms with van der Waals surface area (Å²) < 4.78 is 6.46. The van der Waals surface area contributed by atoms with E-state index in [1.54, 1.807) is 0 Å². The van der Waals surface area contributed by atoms with E-state index in [9.17, 15) is 0 Å². The van der Waals surface area contributed by atoms with Crippen LogP contribution in [0.3, 0.4) is 0 Å². The van der Waals surface area contributed by atoms with Crippen molar-refractivity contribution in [2.45, 2.75) is 12.0 Å². The van der Waals surface area contributed by atoms with Crippen LogP contribution in [0.1, 0.15) is 17.0 Å². The molecule has 1 aromatic heterocycles. The van der Waals surface area contributed by atoms with Gasteiger partial charge in [-0.05, 0) is 133 Å². The van der Waals surface area contributed by atoms with Crippen LogP contribution in [0, 0.1) is 0 Å². The number of para-hydroxylation sites is 3. The van der Waals surface area contributed by atoms with Crippen molar-refractivity contribution in [3.05, 3.63) is 314 Å². The fourth-order valence-electron chi connectivity index (χ4n) is 12.4. The monoisotopic (exact) mass is 1010 g/mol. The number of nitrogens with zero attached hydrogens (tertiary/aromatic N) is 2. The third-order valence-electron chi connectivity index (χ3n) is 16.2. The lowest BCUT2D eigenvalue weighted by Crippen LogP contribution is -2.29. The fraction of sp³-hybridized carbons (Fsp3) is 0.0263. The van der Waals surface area contributed by atoms with E-state index in [0.717, 1.165) is 61.3 Å². The van der Waals surface area contributed by atoms with E-state index < -0.39 is 0 Å². The van der Waals surface area contributed by atoms with Crippen LogP contribution in [0.15, 0.2) is 308 Å². The van der Waals surface area contributed by atoms with Gasteiger partial charge in [-0.2, -0.15) is 0 Å². The minimum Gasteiger partial charge on any atom is -0.455 e. The Morgan fingerprint density at radius 3 is 1.53 bits per heavy atom. The Balaban J connectivity index is 0.762. The maximum absolute atomic E-state index is 6.46. The van der Waals surface area contributed by atoms with Gasteiger partial charge < -0.3 is 14.2 Å². The van der Waals surface area contributed by atoms with Crippen molar-refractivity contribution in [2.75, 3.05) is 9.80 Å². The maximum Gasteiger partial charge on any atom is 0.143 e.